The minimum absolute atomic E-state index is 0.381. The fourth-order valence-electron chi connectivity index (χ4n) is 3.04. The van der Waals surface area contributed by atoms with Crippen molar-refractivity contribution in [2.24, 2.45) is 10.4 Å². The van der Waals surface area contributed by atoms with Crippen molar-refractivity contribution in [3.05, 3.63) is 23.2 Å². The number of carbonyl (C=O) groups is 1. The van der Waals surface area contributed by atoms with Crippen LogP contribution in [0.1, 0.15) is 61.4 Å². The van der Waals surface area contributed by atoms with Gasteiger partial charge in [0.2, 0.25) is 0 Å². The molecule has 2 rings (SSSR count). The average Bonchev–Trinajstić information content (AvgIpc) is 2.92. The molecule has 1 saturated carbocycles. The number of hydrogen-bond acceptors (Lipinski definition) is 4. The van der Waals surface area contributed by atoms with Crippen LogP contribution in [0.25, 0.3) is 0 Å². The lowest BCUT2D eigenvalue weighted by atomic mass is 9.67. The molecule has 0 atom stereocenters. The third kappa shape index (κ3) is 4.30. The van der Waals surface area contributed by atoms with Gasteiger partial charge in [-0.2, -0.15) is 0 Å². The number of rotatable bonds is 7. The molecule has 24 heavy (non-hydrogen) atoms. The number of esters is 1. The van der Waals surface area contributed by atoms with E-state index < -0.39 is 0 Å². The van der Waals surface area contributed by atoms with Gasteiger partial charge in [0.25, 0.3) is 0 Å². The Morgan fingerprint density at radius 2 is 2.12 bits per heavy atom. The molecule has 0 spiro atoms. The highest BCUT2D eigenvalue weighted by molar-refractivity contribution is 5.90. The van der Waals surface area contributed by atoms with E-state index in [1.165, 1.54) is 32.8 Å². The van der Waals surface area contributed by atoms with E-state index in [9.17, 15) is 4.79 Å². The van der Waals surface area contributed by atoms with Crippen molar-refractivity contribution in [3.8, 4) is 0 Å². The predicted molar refractivity (Wildman–Crippen MR) is 94.2 cm³/mol. The molecule has 0 aliphatic heterocycles. The lowest BCUT2D eigenvalue weighted by molar-refractivity contribution is 0.0599. The minimum atomic E-state index is -0.383. The molecule has 134 valence electrons. The molecule has 0 saturated heterocycles. The van der Waals surface area contributed by atoms with Crippen LogP contribution in [0.3, 0.4) is 0 Å². The molecule has 1 aliphatic carbocycles. The van der Waals surface area contributed by atoms with Crippen molar-refractivity contribution in [1.29, 1.82) is 0 Å². The summed E-state index contributed by atoms with van der Waals surface area (Å²) < 4.78 is 10.3. The van der Waals surface area contributed by atoms with E-state index >= 15 is 0 Å². The standard InChI is InChI=1S/C18H29N3O3/c1-5-18(8-7-9-18)12-21-17(19-6-2)20-11-14-10-15(13(3)24-14)16(22)23-4/h10H,5-9,11-12H2,1-4H3,(H2,19,20,21). The zero-order valence-corrected chi connectivity index (χ0v) is 15.2. The first-order chi connectivity index (χ1) is 11.5. The van der Waals surface area contributed by atoms with Gasteiger partial charge in [-0.1, -0.05) is 13.3 Å². The lowest BCUT2D eigenvalue weighted by Crippen LogP contribution is -2.46. The molecular formula is C18H29N3O3. The molecule has 0 aromatic carbocycles. The van der Waals surface area contributed by atoms with Crippen molar-refractivity contribution in [3.63, 3.8) is 0 Å². The molecule has 0 radical (unpaired) electrons. The first kappa shape index (κ1) is 18.4. The summed E-state index contributed by atoms with van der Waals surface area (Å²) in [6, 6.07) is 1.70. The van der Waals surface area contributed by atoms with Gasteiger partial charge in [-0.3, -0.25) is 0 Å². The Hall–Kier alpha value is -1.98. The van der Waals surface area contributed by atoms with Gasteiger partial charge >= 0.3 is 5.97 Å². The van der Waals surface area contributed by atoms with Crippen LogP contribution >= 0.6 is 0 Å². The number of methoxy groups -OCH3 is 1. The van der Waals surface area contributed by atoms with E-state index in [0.717, 1.165) is 19.0 Å². The van der Waals surface area contributed by atoms with Crippen LogP contribution in [-0.2, 0) is 11.3 Å². The van der Waals surface area contributed by atoms with E-state index in [1.807, 2.05) is 6.92 Å². The van der Waals surface area contributed by atoms with Gasteiger partial charge in [-0.05, 0) is 44.6 Å². The number of aliphatic imine (C=N–C) groups is 1. The van der Waals surface area contributed by atoms with E-state index in [1.54, 1.807) is 13.0 Å². The van der Waals surface area contributed by atoms with Gasteiger partial charge in [0.05, 0.1) is 7.11 Å². The Morgan fingerprint density at radius 1 is 1.38 bits per heavy atom. The number of nitrogens with one attached hydrogen (secondary N) is 2. The van der Waals surface area contributed by atoms with Gasteiger partial charge in [-0.25, -0.2) is 9.79 Å². The Balaban J connectivity index is 1.99. The van der Waals surface area contributed by atoms with Crippen LogP contribution in [0.15, 0.2) is 15.5 Å². The minimum Gasteiger partial charge on any atom is -0.465 e. The normalized spacial score (nSPS) is 16.4. The summed E-state index contributed by atoms with van der Waals surface area (Å²) >= 11 is 0. The third-order valence-corrected chi connectivity index (χ3v) is 4.91. The molecular weight excluding hydrogens is 306 g/mol. The molecule has 2 N–H and O–H groups in total. The Morgan fingerprint density at radius 3 is 2.67 bits per heavy atom. The molecule has 1 aromatic rings. The molecule has 0 amide bonds. The quantitative estimate of drug-likeness (QED) is 0.455. The second-order valence-electron chi connectivity index (χ2n) is 6.43. The van der Waals surface area contributed by atoms with Crippen LogP contribution in [0, 0.1) is 12.3 Å². The summed E-state index contributed by atoms with van der Waals surface area (Å²) in [5.74, 6) is 1.61. The highest BCUT2D eigenvalue weighted by Crippen LogP contribution is 2.42. The lowest BCUT2D eigenvalue weighted by Gasteiger charge is -2.41. The third-order valence-electron chi connectivity index (χ3n) is 4.91. The van der Waals surface area contributed by atoms with Gasteiger partial charge < -0.3 is 19.8 Å². The first-order valence-corrected chi connectivity index (χ1v) is 8.73. The molecule has 0 unspecified atom stereocenters. The average molecular weight is 335 g/mol. The zero-order chi connectivity index (χ0) is 17.6. The number of nitrogens with zero attached hydrogens (tertiary/aromatic N) is 1. The Labute approximate surface area is 144 Å². The molecule has 1 aromatic heterocycles. The second-order valence-corrected chi connectivity index (χ2v) is 6.43. The SMILES string of the molecule is CCNC(=NCc1cc(C(=O)OC)c(C)o1)NCC1(CC)CCC1. The number of aryl methyl sites for hydroxylation is 1. The fourth-order valence-corrected chi connectivity index (χ4v) is 3.04. The Bertz CT molecular complexity index is 583. The largest absolute Gasteiger partial charge is 0.465 e. The summed E-state index contributed by atoms with van der Waals surface area (Å²) in [6.07, 6.45) is 5.09. The molecule has 1 heterocycles. The van der Waals surface area contributed by atoms with Crippen LogP contribution < -0.4 is 10.6 Å². The smallest absolute Gasteiger partial charge is 0.341 e. The highest BCUT2D eigenvalue weighted by atomic mass is 16.5. The monoisotopic (exact) mass is 335 g/mol. The number of furan rings is 1. The summed E-state index contributed by atoms with van der Waals surface area (Å²) in [6.45, 7) is 8.18. The topological polar surface area (TPSA) is 75.9 Å². The molecule has 6 heteroatoms. The van der Waals surface area contributed by atoms with E-state index in [4.69, 9.17) is 9.15 Å². The van der Waals surface area contributed by atoms with Crippen molar-refractivity contribution < 1.29 is 13.9 Å². The van der Waals surface area contributed by atoms with Gasteiger partial charge in [-0.15, -0.1) is 0 Å². The number of ether oxygens (including phenoxy) is 1. The van der Waals surface area contributed by atoms with Crippen molar-refractivity contribution >= 4 is 11.9 Å². The van der Waals surface area contributed by atoms with Crippen molar-refractivity contribution in [2.75, 3.05) is 20.2 Å². The van der Waals surface area contributed by atoms with Crippen LogP contribution in [0.2, 0.25) is 0 Å². The molecule has 0 bridgehead atoms. The highest BCUT2D eigenvalue weighted by Gasteiger charge is 2.34. The van der Waals surface area contributed by atoms with E-state index in [0.29, 0.717) is 29.0 Å². The van der Waals surface area contributed by atoms with E-state index in [-0.39, 0.29) is 5.97 Å². The summed E-state index contributed by atoms with van der Waals surface area (Å²) in [7, 11) is 1.36. The number of guanidine groups is 1. The second kappa shape index (κ2) is 8.22. The molecule has 1 aliphatic rings. The maximum Gasteiger partial charge on any atom is 0.341 e. The number of hydrogen-bond donors (Lipinski definition) is 2. The first-order valence-electron chi connectivity index (χ1n) is 8.73. The summed E-state index contributed by atoms with van der Waals surface area (Å²) in [5, 5.41) is 6.70. The molecule has 1 fully saturated rings. The van der Waals surface area contributed by atoms with Gasteiger partial charge in [0.15, 0.2) is 5.96 Å². The molecule has 6 nitrogen and oxygen atoms in total. The number of carbonyl (C=O) groups excluding carboxylic acids is 1. The van der Waals surface area contributed by atoms with Crippen LogP contribution in [-0.4, -0.2) is 32.1 Å². The van der Waals surface area contributed by atoms with E-state index in [2.05, 4.69) is 22.5 Å². The van der Waals surface area contributed by atoms with Crippen LogP contribution in [0.5, 0.6) is 0 Å². The Kier molecular flexibility index (Phi) is 6.29. The summed E-state index contributed by atoms with van der Waals surface area (Å²) in [4.78, 5) is 16.2. The maximum atomic E-state index is 11.6. The predicted octanol–water partition coefficient (Wildman–Crippen LogP) is 3.01. The van der Waals surface area contributed by atoms with Gasteiger partial charge in [0, 0.05) is 13.1 Å². The fraction of sp³-hybridized carbons (Fsp3) is 0.667. The van der Waals surface area contributed by atoms with Crippen LogP contribution in [0.4, 0.5) is 0 Å². The van der Waals surface area contributed by atoms with Crippen molar-refractivity contribution in [2.45, 2.75) is 53.0 Å². The van der Waals surface area contributed by atoms with Crippen molar-refractivity contribution in [1.82, 2.24) is 10.6 Å². The van der Waals surface area contributed by atoms with Gasteiger partial charge in [0.1, 0.15) is 23.6 Å². The zero-order valence-electron chi connectivity index (χ0n) is 15.2. The maximum absolute atomic E-state index is 11.6. The summed E-state index contributed by atoms with van der Waals surface area (Å²) in [5.41, 5.74) is 0.884.